The predicted octanol–water partition coefficient (Wildman–Crippen LogP) is 9.96. The van der Waals surface area contributed by atoms with Crippen molar-refractivity contribution in [2.24, 2.45) is 34.5 Å². The summed E-state index contributed by atoms with van der Waals surface area (Å²) in [7, 11) is 3.24. The van der Waals surface area contributed by atoms with Crippen molar-refractivity contribution in [3.8, 4) is 11.5 Å². The van der Waals surface area contributed by atoms with Gasteiger partial charge in [0.1, 0.15) is 6.10 Å². The second-order valence-electron chi connectivity index (χ2n) is 14.4. The molecule has 4 aliphatic rings. The van der Waals surface area contributed by atoms with Crippen molar-refractivity contribution in [3.05, 3.63) is 41.5 Å². The van der Waals surface area contributed by atoms with E-state index in [1.807, 2.05) is 18.2 Å². The van der Waals surface area contributed by atoms with Crippen LogP contribution in [0.2, 0.25) is 0 Å². The summed E-state index contributed by atoms with van der Waals surface area (Å²) in [6, 6.07) is 5.63. The van der Waals surface area contributed by atoms with Crippen LogP contribution in [-0.2, 0) is 9.53 Å². The van der Waals surface area contributed by atoms with Gasteiger partial charge in [-0.2, -0.15) is 0 Å². The Hall–Kier alpha value is -2.23. The number of unbranched alkanes of at least 4 members (excludes halogenated alkanes) is 5. The monoisotopic (exact) mass is 576 g/mol. The second kappa shape index (κ2) is 13.6. The molecule has 232 valence electrons. The third kappa shape index (κ3) is 6.34. The van der Waals surface area contributed by atoms with Gasteiger partial charge in [-0.3, -0.25) is 0 Å². The Labute approximate surface area is 255 Å². The topological polar surface area (TPSA) is 44.8 Å². The Balaban J connectivity index is 1.16. The maximum atomic E-state index is 12.8. The molecule has 0 aromatic heterocycles. The van der Waals surface area contributed by atoms with E-state index in [4.69, 9.17) is 14.2 Å². The molecule has 7 unspecified atom stereocenters. The molecule has 1 aromatic carbocycles. The summed E-state index contributed by atoms with van der Waals surface area (Å²) >= 11 is 0. The van der Waals surface area contributed by atoms with Crippen LogP contribution in [-0.4, -0.2) is 26.3 Å². The molecule has 0 bridgehead atoms. The zero-order valence-corrected chi connectivity index (χ0v) is 27.1. The molecule has 4 nitrogen and oxygen atoms in total. The van der Waals surface area contributed by atoms with Crippen molar-refractivity contribution in [3.63, 3.8) is 0 Å². The van der Waals surface area contributed by atoms with E-state index in [2.05, 4.69) is 26.8 Å². The molecule has 0 aliphatic heterocycles. The Kier molecular flexibility index (Phi) is 10.1. The number of allylic oxidation sites excluding steroid dienone is 1. The van der Waals surface area contributed by atoms with Crippen LogP contribution in [0.25, 0.3) is 6.08 Å². The first-order valence-corrected chi connectivity index (χ1v) is 17.1. The van der Waals surface area contributed by atoms with Crippen LogP contribution in [0.3, 0.4) is 0 Å². The maximum absolute atomic E-state index is 12.8. The average Bonchev–Trinajstić information content (AvgIpc) is 3.33. The Morgan fingerprint density at radius 3 is 2.50 bits per heavy atom. The van der Waals surface area contributed by atoms with Gasteiger partial charge in [0.25, 0.3) is 0 Å². The van der Waals surface area contributed by atoms with Gasteiger partial charge in [-0.25, -0.2) is 4.79 Å². The third-order valence-corrected chi connectivity index (χ3v) is 12.3. The summed E-state index contributed by atoms with van der Waals surface area (Å²) in [5, 5.41) is 0. The minimum Gasteiger partial charge on any atom is -0.493 e. The average molecular weight is 577 g/mol. The molecule has 3 saturated carbocycles. The minimum atomic E-state index is -0.261. The first kappa shape index (κ1) is 31.2. The zero-order valence-electron chi connectivity index (χ0n) is 27.1. The molecule has 5 rings (SSSR count). The van der Waals surface area contributed by atoms with Crippen LogP contribution < -0.4 is 9.47 Å². The van der Waals surface area contributed by atoms with Crippen molar-refractivity contribution < 1.29 is 19.0 Å². The number of carbonyl (C=O) groups excluding carboxylic acids is 1. The fraction of sp³-hybridized carbons (Fsp3) is 0.711. The minimum absolute atomic E-state index is 0.0227. The predicted molar refractivity (Wildman–Crippen MR) is 172 cm³/mol. The van der Waals surface area contributed by atoms with Crippen LogP contribution in [0.4, 0.5) is 0 Å². The largest absolute Gasteiger partial charge is 0.493 e. The first-order chi connectivity index (χ1) is 20.3. The summed E-state index contributed by atoms with van der Waals surface area (Å²) in [6.07, 6.45) is 25.8. The normalized spacial score (nSPS) is 33.8. The highest BCUT2D eigenvalue weighted by Crippen LogP contribution is 2.66. The first-order valence-electron chi connectivity index (χ1n) is 17.1. The number of ether oxygens (including phenoxy) is 3. The molecule has 7 atom stereocenters. The van der Waals surface area contributed by atoms with Gasteiger partial charge in [0, 0.05) is 12.5 Å². The van der Waals surface area contributed by atoms with Gasteiger partial charge in [-0.1, -0.05) is 77.0 Å². The molecule has 4 aliphatic carbocycles. The van der Waals surface area contributed by atoms with E-state index in [9.17, 15) is 4.79 Å². The van der Waals surface area contributed by atoms with Gasteiger partial charge in [-0.05, 0) is 110 Å². The number of methoxy groups -OCH3 is 2. The number of fused-ring (bicyclic) bond motifs is 5. The van der Waals surface area contributed by atoms with E-state index in [1.54, 1.807) is 31.9 Å². The summed E-state index contributed by atoms with van der Waals surface area (Å²) in [4.78, 5) is 12.8. The highest BCUT2D eigenvalue weighted by atomic mass is 16.5. The van der Waals surface area contributed by atoms with Crippen molar-refractivity contribution >= 4 is 12.0 Å². The van der Waals surface area contributed by atoms with E-state index >= 15 is 0 Å². The Morgan fingerprint density at radius 1 is 0.929 bits per heavy atom. The van der Waals surface area contributed by atoms with E-state index in [0.717, 1.165) is 48.5 Å². The zero-order chi connectivity index (χ0) is 29.7. The molecule has 0 amide bonds. The molecular weight excluding hydrogens is 520 g/mol. The van der Waals surface area contributed by atoms with Crippen LogP contribution in [0.5, 0.6) is 11.5 Å². The van der Waals surface area contributed by atoms with Crippen molar-refractivity contribution in [2.75, 3.05) is 14.2 Å². The molecule has 0 radical (unpaired) electrons. The summed E-state index contributed by atoms with van der Waals surface area (Å²) in [5.41, 5.74) is 3.29. The lowest BCUT2D eigenvalue weighted by Crippen LogP contribution is -2.50. The Bertz CT molecular complexity index is 1140. The quantitative estimate of drug-likeness (QED) is 0.107. The van der Waals surface area contributed by atoms with E-state index in [-0.39, 0.29) is 17.5 Å². The van der Waals surface area contributed by atoms with Crippen LogP contribution in [0.1, 0.15) is 123 Å². The van der Waals surface area contributed by atoms with Gasteiger partial charge in [0.15, 0.2) is 11.5 Å². The molecule has 3 fully saturated rings. The fourth-order valence-corrected chi connectivity index (χ4v) is 9.81. The second-order valence-corrected chi connectivity index (χ2v) is 14.4. The molecular formula is C38H56O4. The van der Waals surface area contributed by atoms with E-state index in [1.165, 1.54) is 77.0 Å². The summed E-state index contributed by atoms with van der Waals surface area (Å²) in [6.45, 7) is 7.54. The number of esters is 1. The number of benzene rings is 1. The standard InChI is InChI=1S/C38H56O4/c1-6-7-8-9-10-11-12-28-16-18-32-31-17-15-29-26-30(21-23-38(29,3)33(31)22-24-37(28,32)2)42-36(39)20-14-27-13-19-34(40-4)35(25-27)41-5/h13-15,19-20,25,28,30-33H,6-12,16-18,21-24,26H2,1-5H3. The lowest BCUT2D eigenvalue weighted by molar-refractivity contribution is -0.145. The molecule has 0 saturated heterocycles. The molecule has 0 N–H and O–H groups in total. The number of hydrogen-bond donors (Lipinski definition) is 0. The van der Waals surface area contributed by atoms with Crippen molar-refractivity contribution in [1.82, 2.24) is 0 Å². The smallest absolute Gasteiger partial charge is 0.331 e. The molecule has 42 heavy (non-hydrogen) atoms. The van der Waals surface area contributed by atoms with Crippen molar-refractivity contribution in [1.29, 1.82) is 0 Å². The van der Waals surface area contributed by atoms with Gasteiger partial charge >= 0.3 is 5.97 Å². The van der Waals surface area contributed by atoms with Crippen LogP contribution in [0.15, 0.2) is 35.9 Å². The van der Waals surface area contributed by atoms with Crippen molar-refractivity contribution in [2.45, 2.75) is 123 Å². The van der Waals surface area contributed by atoms with Gasteiger partial charge in [0.05, 0.1) is 14.2 Å². The lowest BCUT2D eigenvalue weighted by Gasteiger charge is -2.58. The maximum Gasteiger partial charge on any atom is 0.331 e. The molecule has 4 heteroatoms. The highest BCUT2D eigenvalue weighted by Gasteiger charge is 2.58. The van der Waals surface area contributed by atoms with Gasteiger partial charge in [-0.15, -0.1) is 0 Å². The van der Waals surface area contributed by atoms with E-state index in [0.29, 0.717) is 16.9 Å². The number of hydrogen-bond acceptors (Lipinski definition) is 4. The van der Waals surface area contributed by atoms with E-state index < -0.39 is 0 Å². The SMILES string of the molecule is CCCCCCCCC1CCC2C3CC=C4CC(OC(=O)C=Cc5ccc(OC)c(OC)c5)CCC4(C)C3CCC12C. The summed E-state index contributed by atoms with van der Waals surface area (Å²) in [5.74, 6) is 4.54. The highest BCUT2D eigenvalue weighted by molar-refractivity contribution is 5.87. The fourth-order valence-electron chi connectivity index (χ4n) is 9.81. The third-order valence-electron chi connectivity index (χ3n) is 12.3. The number of carbonyl (C=O) groups is 1. The van der Waals surface area contributed by atoms with Crippen LogP contribution in [0, 0.1) is 34.5 Å². The lowest BCUT2D eigenvalue weighted by atomic mass is 9.47. The molecule has 0 spiro atoms. The Morgan fingerprint density at radius 2 is 1.71 bits per heavy atom. The number of rotatable bonds is 12. The van der Waals surface area contributed by atoms with Gasteiger partial charge < -0.3 is 14.2 Å². The van der Waals surface area contributed by atoms with Crippen LogP contribution >= 0.6 is 0 Å². The summed E-state index contributed by atoms with van der Waals surface area (Å²) < 4.78 is 16.7. The molecule has 1 aromatic rings. The van der Waals surface area contributed by atoms with Gasteiger partial charge in [0.2, 0.25) is 0 Å². The molecule has 0 heterocycles.